The second-order valence-corrected chi connectivity index (χ2v) is 4.07. The summed E-state index contributed by atoms with van der Waals surface area (Å²) in [6.45, 7) is 0. The number of hydrogen-bond acceptors (Lipinski definition) is 1. The Balaban J connectivity index is 2.17. The van der Waals surface area contributed by atoms with Crippen LogP contribution >= 0.6 is 0 Å². The molecule has 4 heteroatoms. The van der Waals surface area contributed by atoms with Crippen LogP contribution in [-0.4, -0.2) is 12.0 Å². The van der Waals surface area contributed by atoms with Gasteiger partial charge in [-0.2, -0.15) is 13.2 Å². The molecule has 16 heavy (non-hydrogen) atoms. The van der Waals surface area contributed by atoms with Crippen LogP contribution in [0.25, 0.3) is 0 Å². The molecule has 0 saturated carbocycles. The van der Waals surface area contributed by atoms with Crippen LogP contribution in [0.15, 0.2) is 24.3 Å². The minimum atomic E-state index is -4.70. The fourth-order valence-electron chi connectivity index (χ4n) is 2.15. The van der Waals surface area contributed by atoms with Gasteiger partial charge in [-0.25, -0.2) is 0 Å². The zero-order chi connectivity index (χ0) is 11.8. The lowest BCUT2D eigenvalue weighted by Gasteiger charge is -2.24. The van der Waals surface area contributed by atoms with E-state index >= 15 is 0 Å². The van der Waals surface area contributed by atoms with Crippen LogP contribution in [0, 0.1) is 5.92 Å². The van der Waals surface area contributed by atoms with Gasteiger partial charge >= 0.3 is 6.18 Å². The van der Waals surface area contributed by atoms with Crippen molar-refractivity contribution in [2.24, 2.45) is 5.92 Å². The molecule has 86 valence electrons. The number of Topliss-reactive ketones (excluding diaryl/α,β-unsaturated/α-hetero) is 1. The lowest BCUT2D eigenvalue weighted by atomic mass is 9.81. The second-order valence-electron chi connectivity index (χ2n) is 4.07. The molecule has 0 heterocycles. The molecule has 1 aliphatic carbocycles. The third-order valence-electron chi connectivity index (χ3n) is 3.00. The van der Waals surface area contributed by atoms with Crippen LogP contribution in [-0.2, 0) is 17.6 Å². The first-order chi connectivity index (χ1) is 7.48. The van der Waals surface area contributed by atoms with Crippen LogP contribution in [0.2, 0.25) is 0 Å². The lowest BCUT2D eigenvalue weighted by molar-refractivity contribution is -0.175. The number of carbonyl (C=O) groups is 1. The van der Waals surface area contributed by atoms with E-state index in [-0.39, 0.29) is 6.42 Å². The molecule has 1 nitrogen and oxygen atoms in total. The first-order valence-corrected chi connectivity index (χ1v) is 5.16. The number of aryl methyl sites for hydroxylation is 1. The van der Waals surface area contributed by atoms with Gasteiger partial charge in [0.25, 0.3) is 0 Å². The van der Waals surface area contributed by atoms with E-state index in [0.29, 0.717) is 12.8 Å². The fraction of sp³-hybridized carbons (Fsp3) is 0.417. The molecule has 0 radical (unpaired) electrons. The summed E-state index contributed by atoms with van der Waals surface area (Å²) in [5.74, 6) is -2.48. The van der Waals surface area contributed by atoms with Crippen molar-refractivity contribution >= 4 is 5.78 Å². The van der Waals surface area contributed by atoms with Gasteiger partial charge < -0.3 is 0 Å². The van der Waals surface area contributed by atoms with Gasteiger partial charge in [-0.3, -0.25) is 4.79 Å². The Morgan fingerprint density at radius 3 is 2.44 bits per heavy atom. The Morgan fingerprint density at radius 1 is 1.19 bits per heavy atom. The molecule has 0 saturated heterocycles. The molecular formula is C12H11F3O. The lowest BCUT2D eigenvalue weighted by Crippen LogP contribution is -2.33. The monoisotopic (exact) mass is 228 g/mol. The van der Waals surface area contributed by atoms with Gasteiger partial charge in [0.15, 0.2) is 0 Å². The van der Waals surface area contributed by atoms with E-state index in [1.54, 1.807) is 12.1 Å². The van der Waals surface area contributed by atoms with E-state index in [0.717, 1.165) is 11.1 Å². The molecule has 0 N–H and O–H groups in total. The van der Waals surface area contributed by atoms with Gasteiger partial charge in [-0.1, -0.05) is 24.3 Å². The summed E-state index contributed by atoms with van der Waals surface area (Å²) in [7, 11) is 0. The number of halogens is 3. The SMILES string of the molecule is O=C(C1CCc2ccccc2C1)C(F)(F)F. The Labute approximate surface area is 91.3 Å². The van der Waals surface area contributed by atoms with E-state index in [9.17, 15) is 18.0 Å². The number of benzene rings is 1. The number of alkyl halides is 3. The maximum atomic E-state index is 12.3. The van der Waals surface area contributed by atoms with Crippen molar-refractivity contribution in [3.8, 4) is 0 Å². The Bertz CT molecular complexity index is 409. The molecule has 1 aromatic rings. The van der Waals surface area contributed by atoms with E-state index < -0.39 is 17.9 Å². The molecule has 0 spiro atoms. The highest BCUT2D eigenvalue weighted by Crippen LogP contribution is 2.31. The maximum Gasteiger partial charge on any atom is 0.450 e. The normalized spacial score (nSPS) is 20.3. The predicted molar refractivity (Wildman–Crippen MR) is 53.0 cm³/mol. The molecule has 0 aliphatic heterocycles. The van der Waals surface area contributed by atoms with Crippen LogP contribution in [0.1, 0.15) is 17.5 Å². The Hall–Kier alpha value is -1.32. The predicted octanol–water partition coefficient (Wildman–Crippen LogP) is 2.92. The molecule has 0 aromatic heterocycles. The van der Waals surface area contributed by atoms with Gasteiger partial charge in [-0.15, -0.1) is 0 Å². The molecule has 1 aromatic carbocycles. The molecule has 1 aliphatic rings. The quantitative estimate of drug-likeness (QED) is 0.722. The zero-order valence-electron chi connectivity index (χ0n) is 8.55. The highest BCUT2D eigenvalue weighted by atomic mass is 19.4. The topological polar surface area (TPSA) is 17.1 Å². The highest BCUT2D eigenvalue weighted by Gasteiger charge is 2.43. The average Bonchev–Trinajstić information content (AvgIpc) is 2.26. The van der Waals surface area contributed by atoms with Crippen molar-refractivity contribution in [1.29, 1.82) is 0 Å². The minimum absolute atomic E-state index is 0.217. The van der Waals surface area contributed by atoms with Gasteiger partial charge in [0.1, 0.15) is 0 Å². The number of hydrogen-bond donors (Lipinski definition) is 0. The van der Waals surface area contributed by atoms with Gasteiger partial charge in [0.05, 0.1) is 0 Å². The van der Waals surface area contributed by atoms with E-state index in [1.807, 2.05) is 12.1 Å². The standard InChI is InChI=1S/C12H11F3O/c13-12(14,15)11(16)10-6-5-8-3-1-2-4-9(8)7-10/h1-4,10H,5-7H2. The largest absolute Gasteiger partial charge is 0.450 e. The van der Waals surface area contributed by atoms with Crippen molar-refractivity contribution in [2.75, 3.05) is 0 Å². The molecule has 0 fully saturated rings. The first-order valence-electron chi connectivity index (χ1n) is 5.16. The number of ketones is 1. The average molecular weight is 228 g/mol. The number of carbonyl (C=O) groups excluding carboxylic acids is 1. The van der Waals surface area contributed by atoms with Gasteiger partial charge in [0.2, 0.25) is 5.78 Å². The third-order valence-corrected chi connectivity index (χ3v) is 3.00. The zero-order valence-corrected chi connectivity index (χ0v) is 8.55. The smallest absolute Gasteiger partial charge is 0.289 e. The van der Waals surface area contributed by atoms with Crippen LogP contribution in [0.3, 0.4) is 0 Å². The summed E-state index contributed by atoms with van der Waals surface area (Å²) < 4.78 is 36.8. The van der Waals surface area contributed by atoms with E-state index in [1.165, 1.54) is 0 Å². The van der Waals surface area contributed by atoms with Crippen molar-refractivity contribution in [3.05, 3.63) is 35.4 Å². The summed E-state index contributed by atoms with van der Waals surface area (Å²) in [6.07, 6.45) is -3.62. The molecule has 0 amide bonds. The van der Waals surface area contributed by atoms with Gasteiger partial charge in [0, 0.05) is 5.92 Å². The molecule has 0 bridgehead atoms. The number of rotatable bonds is 1. The van der Waals surface area contributed by atoms with Crippen molar-refractivity contribution in [3.63, 3.8) is 0 Å². The fourth-order valence-corrected chi connectivity index (χ4v) is 2.15. The molecular weight excluding hydrogens is 217 g/mol. The Morgan fingerprint density at radius 2 is 1.81 bits per heavy atom. The van der Waals surface area contributed by atoms with E-state index in [4.69, 9.17) is 0 Å². The highest BCUT2D eigenvalue weighted by molar-refractivity contribution is 5.86. The van der Waals surface area contributed by atoms with Crippen LogP contribution in [0.5, 0.6) is 0 Å². The summed E-state index contributed by atoms with van der Waals surface area (Å²) in [5, 5.41) is 0. The maximum absolute atomic E-state index is 12.3. The molecule has 2 rings (SSSR count). The van der Waals surface area contributed by atoms with E-state index in [2.05, 4.69) is 0 Å². The first kappa shape index (κ1) is 11.2. The summed E-state index contributed by atoms with van der Waals surface area (Å²) >= 11 is 0. The molecule has 1 atom stereocenters. The van der Waals surface area contributed by atoms with Crippen molar-refractivity contribution in [1.82, 2.24) is 0 Å². The third kappa shape index (κ3) is 2.10. The summed E-state index contributed by atoms with van der Waals surface area (Å²) in [4.78, 5) is 11.1. The number of fused-ring (bicyclic) bond motifs is 1. The van der Waals surface area contributed by atoms with Gasteiger partial charge in [-0.05, 0) is 30.4 Å². The van der Waals surface area contributed by atoms with Crippen LogP contribution < -0.4 is 0 Å². The summed E-state index contributed by atoms with van der Waals surface area (Å²) in [6, 6.07) is 7.36. The summed E-state index contributed by atoms with van der Waals surface area (Å²) in [5.41, 5.74) is 1.94. The Kier molecular flexibility index (Phi) is 2.74. The molecule has 1 unspecified atom stereocenters. The second kappa shape index (κ2) is 3.92. The minimum Gasteiger partial charge on any atom is -0.289 e. The van der Waals surface area contributed by atoms with Crippen molar-refractivity contribution in [2.45, 2.75) is 25.4 Å². The van der Waals surface area contributed by atoms with Crippen molar-refractivity contribution < 1.29 is 18.0 Å². The van der Waals surface area contributed by atoms with Crippen LogP contribution in [0.4, 0.5) is 13.2 Å².